The molecule has 0 radical (unpaired) electrons. The number of rotatable bonds is 3. The van der Waals surface area contributed by atoms with E-state index in [1.807, 2.05) is 12.1 Å². The fourth-order valence-electron chi connectivity index (χ4n) is 1.51. The molecule has 1 unspecified atom stereocenters. The molecule has 1 heterocycles. The highest BCUT2D eigenvalue weighted by Crippen LogP contribution is 2.25. The van der Waals surface area contributed by atoms with Gasteiger partial charge in [0.1, 0.15) is 0 Å². The number of nitrogens with one attached hydrogen (secondary N) is 1. The highest BCUT2D eigenvalue weighted by molar-refractivity contribution is 7.17. The maximum absolute atomic E-state index is 11.3. The molecule has 1 aromatic heterocycles. The van der Waals surface area contributed by atoms with Crippen LogP contribution in [0.3, 0.4) is 0 Å². The van der Waals surface area contributed by atoms with E-state index in [2.05, 4.69) is 22.8 Å². The summed E-state index contributed by atoms with van der Waals surface area (Å²) in [6.07, 6.45) is 0. The van der Waals surface area contributed by atoms with E-state index in [0.717, 1.165) is 5.56 Å². The molecule has 0 aliphatic heterocycles. The van der Waals surface area contributed by atoms with E-state index in [9.17, 15) is 4.79 Å². The fourth-order valence-corrected chi connectivity index (χ4v) is 2.48. The van der Waals surface area contributed by atoms with Crippen LogP contribution in [-0.4, -0.2) is 11.9 Å². The smallest absolute Gasteiger partial charge is 0.236 e. The number of hydrogen-bond donors (Lipinski definition) is 2. The second-order valence-electron chi connectivity index (χ2n) is 3.76. The second-order valence-corrected chi connectivity index (χ2v) is 4.67. The molecule has 2 aromatic rings. The maximum atomic E-state index is 11.3. The fraction of sp³-hybridized carbons (Fsp3) is 0.250. The van der Waals surface area contributed by atoms with E-state index >= 15 is 0 Å². The Bertz CT molecular complexity index is 504. The van der Waals surface area contributed by atoms with Crippen molar-refractivity contribution in [3.05, 3.63) is 35.2 Å². The molecule has 1 amide bonds. The lowest BCUT2D eigenvalue weighted by molar-refractivity contribution is -0.122. The number of amides is 1. The lowest BCUT2D eigenvalue weighted by atomic mass is 10.2. The summed E-state index contributed by atoms with van der Waals surface area (Å²) in [6.45, 7) is 2.23. The average molecular weight is 234 g/mol. The molecule has 0 saturated carbocycles. The minimum absolute atomic E-state index is 0.115. The van der Waals surface area contributed by atoms with E-state index in [-0.39, 0.29) is 5.91 Å². The Morgan fingerprint density at radius 1 is 1.50 bits per heavy atom. The molecule has 0 saturated heterocycles. The molecule has 0 aliphatic rings. The van der Waals surface area contributed by atoms with E-state index in [1.54, 1.807) is 18.3 Å². The van der Waals surface area contributed by atoms with Crippen LogP contribution in [0.1, 0.15) is 12.5 Å². The summed E-state index contributed by atoms with van der Waals surface area (Å²) in [7, 11) is 0. The molecular formula is C12H14N2OS. The molecule has 1 aromatic carbocycles. The largest absolute Gasteiger partial charge is 0.351 e. The van der Waals surface area contributed by atoms with E-state index in [1.165, 1.54) is 10.1 Å². The van der Waals surface area contributed by atoms with Crippen LogP contribution in [0.5, 0.6) is 0 Å². The van der Waals surface area contributed by atoms with Gasteiger partial charge < -0.3 is 11.1 Å². The SMILES string of the molecule is CC(N)C(=O)NCc1csc2ccccc12. The Labute approximate surface area is 98.3 Å². The number of nitrogens with two attached hydrogens (primary N) is 1. The maximum Gasteiger partial charge on any atom is 0.236 e. The molecule has 16 heavy (non-hydrogen) atoms. The van der Waals surface area contributed by atoms with Crippen molar-refractivity contribution in [2.24, 2.45) is 5.73 Å². The summed E-state index contributed by atoms with van der Waals surface area (Å²) >= 11 is 1.69. The highest BCUT2D eigenvalue weighted by Gasteiger charge is 2.08. The zero-order valence-corrected chi connectivity index (χ0v) is 9.88. The van der Waals surface area contributed by atoms with Crippen molar-refractivity contribution in [3.8, 4) is 0 Å². The van der Waals surface area contributed by atoms with Crippen molar-refractivity contribution in [3.63, 3.8) is 0 Å². The number of carbonyl (C=O) groups excluding carboxylic acids is 1. The summed E-state index contributed by atoms with van der Waals surface area (Å²) in [6, 6.07) is 7.72. The Morgan fingerprint density at radius 2 is 2.25 bits per heavy atom. The van der Waals surface area contributed by atoms with Crippen molar-refractivity contribution in [1.82, 2.24) is 5.32 Å². The lowest BCUT2D eigenvalue weighted by Crippen LogP contribution is -2.37. The summed E-state index contributed by atoms with van der Waals surface area (Å²) < 4.78 is 1.24. The second kappa shape index (κ2) is 4.63. The molecule has 0 aliphatic carbocycles. The number of fused-ring (bicyclic) bond motifs is 1. The van der Waals surface area contributed by atoms with Crippen LogP contribution < -0.4 is 11.1 Å². The van der Waals surface area contributed by atoms with Gasteiger partial charge in [-0.05, 0) is 29.3 Å². The Morgan fingerprint density at radius 3 is 3.00 bits per heavy atom. The van der Waals surface area contributed by atoms with Gasteiger partial charge in [0.2, 0.25) is 5.91 Å². The van der Waals surface area contributed by atoms with Crippen molar-refractivity contribution >= 4 is 27.3 Å². The van der Waals surface area contributed by atoms with Crippen LogP contribution in [0.25, 0.3) is 10.1 Å². The van der Waals surface area contributed by atoms with Crippen LogP contribution in [0.15, 0.2) is 29.6 Å². The van der Waals surface area contributed by atoms with Crippen molar-refractivity contribution in [2.45, 2.75) is 19.5 Å². The van der Waals surface area contributed by atoms with Gasteiger partial charge in [0.05, 0.1) is 6.04 Å². The summed E-state index contributed by atoms with van der Waals surface area (Å²) in [5.41, 5.74) is 6.63. The molecule has 0 spiro atoms. The highest BCUT2D eigenvalue weighted by atomic mass is 32.1. The summed E-state index contributed by atoms with van der Waals surface area (Å²) in [5.74, 6) is -0.115. The predicted octanol–water partition coefficient (Wildman–Crippen LogP) is 1.86. The monoisotopic (exact) mass is 234 g/mol. The minimum atomic E-state index is -0.454. The predicted molar refractivity (Wildman–Crippen MR) is 67.3 cm³/mol. The van der Waals surface area contributed by atoms with Crippen LogP contribution in [0, 0.1) is 0 Å². The first-order valence-corrected chi connectivity index (χ1v) is 6.05. The minimum Gasteiger partial charge on any atom is -0.351 e. The molecule has 1 atom stereocenters. The van der Waals surface area contributed by atoms with Gasteiger partial charge in [-0.2, -0.15) is 0 Å². The van der Waals surface area contributed by atoms with Crippen molar-refractivity contribution in [2.75, 3.05) is 0 Å². The Hall–Kier alpha value is -1.39. The van der Waals surface area contributed by atoms with E-state index < -0.39 is 6.04 Å². The van der Waals surface area contributed by atoms with E-state index in [4.69, 9.17) is 5.73 Å². The van der Waals surface area contributed by atoms with Gasteiger partial charge in [-0.25, -0.2) is 0 Å². The standard InChI is InChI=1S/C12H14N2OS/c1-8(13)12(15)14-6-9-7-16-11-5-3-2-4-10(9)11/h2-5,7-8H,6,13H2,1H3,(H,14,15). The summed E-state index contributed by atoms with van der Waals surface area (Å²) in [5, 5.41) is 6.10. The molecule has 4 heteroatoms. The zero-order chi connectivity index (χ0) is 11.5. The Balaban J connectivity index is 2.13. The third-order valence-electron chi connectivity index (χ3n) is 2.43. The van der Waals surface area contributed by atoms with Crippen LogP contribution in [0.2, 0.25) is 0 Å². The molecule has 0 fully saturated rings. The molecule has 0 bridgehead atoms. The van der Waals surface area contributed by atoms with Crippen molar-refractivity contribution in [1.29, 1.82) is 0 Å². The first-order chi connectivity index (χ1) is 7.68. The zero-order valence-electron chi connectivity index (χ0n) is 9.07. The van der Waals surface area contributed by atoms with Crippen LogP contribution in [0.4, 0.5) is 0 Å². The quantitative estimate of drug-likeness (QED) is 0.851. The third-order valence-corrected chi connectivity index (χ3v) is 3.44. The van der Waals surface area contributed by atoms with Gasteiger partial charge in [-0.1, -0.05) is 18.2 Å². The topological polar surface area (TPSA) is 55.1 Å². The molecule has 3 N–H and O–H groups in total. The van der Waals surface area contributed by atoms with E-state index in [0.29, 0.717) is 6.54 Å². The number of thiophene rings is 1. The van der Waals surface area contributed by atoms with Gasteiger partial charge in [0.25, 0.3) is 0 Å². The first kappa shape index (κ1) is 11.1. The normalized spacial score (nSPS) is 12.6. The van der Waals surface area contributed by atoms with Gasteiger partial charge in [-0.3, -0.25) is 4.79 Å². The molecular weight excluding hydrogens is 220 g/mol. The first-order valence-electron chi connectivity index (χ1n) is 5.17. The number of benzene rings is 1. The van der Waals surface area contributed by atoms with Gasteiger partial charge in [0.15, 0.2) is 0 Å². The van der Waals surface area contributed by atoms with Gasteiger partial charge in [-0.15, -0.1) is 11.3 Å². The molecule has 2 rings (SSSR count). The molecule has 3 nitrogen and oxygen atoms in total. The van der Waals surface area contributed by atoms with Crippen LogP contribution >= 0.6 is 11.3 Å². The Kier molecular flexibility index (Phi) is 3.22. The van der Waals surface area contributed by atoms with Crippen molar-refractivity contribution < 1.29 is 4.79 Å². The van der Waals surface area contributed by atoms with Crippen LogP contribution in [-0.2, 0) is 11.3 Å². The number of carbonyl (C=O) groups is 1. The molecule has 84 valence electrons. The average Bonchev–Trinajstić information content (AvgIpc) is 2.69. The number of hydrogen-bond acceptors (Lipinski definition) is 3. The lowest BCUT2D eigenvalue weighted by Gasteiger charge is -2.06. The van der Waals surface area contributed by atoms with Gasteiger partial charge >= 0.3 is 0 Å². The van der Waals surface area contributed by atoms with Gasteiger partial charge in [0, 0.05) is 11.2 Å². The third kappa shape index (κ3) is 2.23. The summed E-state index contributed by atoms with van der Waals surface area (Å²) in [4.78, 5) is 11.3.